The number of nitrogens with zero attached hydrogens (tertiary/aromatic N) is 3. The summed E-state index contributed by atoms with van der Waals surface area (Å²) in [7, 11) is 0. The average molecular weight is 235 g/mol. The normalized spacial score (nSPS) is 16.3. The van der Waals surface area contributed by atoms with E-state index in [1.54, 1.807) is 0 Å². The van der Waals surface area contributed by atoms with Gasteiger partial charge in [0, 0.05) is 38.9 Å². The van der Waals surface area contributed by atoms with Gasteiger partial charge in [0.1, 0.15) is 5.82 Å². The van der Waals surface area contributed by atoms with E-state index in [2.05, 4.69) is 39.3 Å². The van der Waals surface area contributed by atoms with Crippen LogP contribution in [0.5, 0.6) is 0 Å². The zero-order chi connectivity index (χ0) is 12.1. The second-order valence-corrected chi connectivity index (χ2v) is 4.75. The largest absolute Gasteiger partial charge is 0.354 e. The fourth-order valence-corrected chi connectivity index (χ4v) is 1.80. The van der Waals surface area contributed by atoms with Gasteiger partial charge >= 0.3 is 0 Å². The van der Waals surface area contributed by atoms with Crippen molar-refractivity contribution in [3.8, 4) is 0 Å². The Hall–Kier alpha value is -1.36. The van der Waals surface area contributed by atoms with Crippen LogP contribution in [-0.4, -0.2) is 42.7 Å². The average Bonchev–Trinajstić information content (AvgIpc) is 2.38. The molecule has 1 aromatic rings. The van der Waals surface area contributed by atoms with E-state index >= 15 is 0 Å². The molecule has 0 unspecified atom stereocenters. The first-order valence-corrected chi connectivity index (χ1v) is 6.28. The molecule has 0 aliphatic carbocycles. The summed E-state index contributed by atoms with van der Waals surface area (Å²) in [6, 6.07) is 1.98. The molecule has 0 saturated carbocycles. The zero-order valence-electron chi connectivity index (χ0n) is 10.6. The molecule has 5 heteroatoms. The molecule has 1 aliphatic rings. The first-order valence-electron chi connectivity index (χ1n) is 6.28. The van der Waals surface area contributed by atoms with Gasteiger partial charge in [-0.25, -0.2) is 4.98 Å². The minimum atomic E-state index is 0.599. The summed E-state index contributed by atoms with van der Waals surface area (Å²) in [5, 5.41) is 6.60. The van der Waals surface area contributed by atoms with Gasteiger partial charge in [0.2, 0.25) is 5.95 Å². The third kappa shape index (κ3) is 3.56. The highest BCUT2D eigenvalue weighted by Crippen LogP contribution is 2.12. The molecular formula is C12H21N5. The third-order valence-corrected chi connectivity index (χ3v) is 2.75. The molecule has 0 amide bonds. The van der Waals surface area contributed by atoms with Gasteiger partial charge in [-0.1, -0.05) is 13.8 Å². The van der Waals surface area contributed by atoms with Gasteiger partial charge in [-0.3, -0.25) is 0 Å². The second-order valence-electron chi connectivity index (χ2n) is 4.75. The lowest BCUT2D eigenvalue weighted by molar-refractivity contribution is 0.584. The van der Waals surface area contributed by atoms with Crippen LogP contribution in [0.1, 0.15) is 13.8 Å². The molecule has 5 nitrogen and oxygen atoms in total. The molecule has 0 aromatic carbocycles. The molecule has 0 radical (unpaired) electrons. The monoisotopic (exact) mass is 235 g/mol. The summed E-state index contributed by atoms with van der Waals surface area (Å²) < 4.78 is 0. The van der Waals surface area contributed by atoms with Crippen molar-refractivity contribution in [1.29, 1.82) is 0 Å². The van der Waals surface area contributed by atoms with E-state index in [1.165, 1.54) is 0 Å². The van der Waals surface area contributed by atoms with Crippen LogP contribution in [0.4, 0.5) is 11.8 Å². The van der Waals surface area contributed by atoms with Crippen LogP contribution in [0.15, 0.2) is 12.3 Å². The lowest BCUT2D eigenvalue weighted by Crippen LogP contribution is -2.43. The van der Waals surface area contributed by atoms with Gasteiger partial charge < -0.3 is 15.5 Å². The third-order valence-electron chi connectivity index (χ3n) is 2.75. The van der Waals surface area contributed by atoms with Gasteiger partial charge in [0.25, 0.3) is 0 Å². The SMILES string of the molecule is CC(C)CNc1nccc(N2CCNCC2)n1. The second kappa shape index (κ2) is 5.82. The number of anilines is 2. The molecule has 2 rings (SSSR count). The van der Waals surface area contributed by atoms with E-state index in [0.717, 1.165) is 44.5 Å². The predicted molar refractivity (Wildman–Crippen MR) is 70.4 cm³/mol. The highest BCUT2D eigenvalue weighted by atomic mass is 15.3. The van der Waals surface area contributed by atoms with Crippen LogP contribution >= 0.6 is 0 Å². The lowest BCUT2D eigenvalue weighted by Gasteiger charge is -2.28. The number of hydrogen-bond donors (Lipinski definition) is 2. The van der Waals surface area contributed by atoms with E-state index in [0.29, 0.717) is 5.92 Å². The Morgan fingerprint density at radius 3 is 2.88 bits per heavy atom. The fraction of sp³-hybridized carbons (Fsp3) is 0.667. The minimum absolute atomic E-state index is 0.599. The van der Waals surface area contributed by atoms with Crippen LogP contribution < -0.4 is 15.5 Å². The molecule has 1 fully saturated rings. The molecule has 0 spiro atoms. The Kier molecular flexibility index (Phi) is 4.14. The number of hydrogen-bond acceptors (Lipinski definition) is 5. The summed E-state index contributed by atoms with van der Waals surface area (Å²) in [6.07, 6.45) is 1.83. The molecule has 2 heterocycles. The van der Waals surface area contributed by atoms with Gasteiger partial charge in [-0.15, -0.1) is 0 Å². The minimum Gasteiger partial charge on any atom is -0.354 e. The van der Waals surface area contributed by atoms with Crippen molar-refractivity contribution >= 4 is 11.8 Å². The highest BCUT2D eigenvalue weighted by Gasteiger charge is 2.12. The molecular weight excluding hydrogens is 214 g/mol. The molecule has 0 bridgehead atoms. The van der Waals surface area contributed by atoms with Crippen LogP contribution in [0.3, 0.4) is 0 Å². The van der Waals surface area contributed by atoms with Gasteiger partial charge in [-0.05, 0) is 12.0 Å². The van der Waals surface area contributed by atoms with Crippen molar-refractivity contribution in [3.63, 3.8) is 0 Å². The van der Waals surface area contributed by atoms with E-state index in [9.17, 15) is 0 Å². The van der Waals surface area contributed by atoms with Crippen molar-refractivity contribution in [1.82, 2.24) is 15.3 Å². The summed E-state index contributed by atoms with van der Waals surface area (Å²) in [5.74, 6) is 2.35. The fourth-order valence-electron chi connectivity index (χ4n) is 1.80. The van der Waals surface area contributed by atoms with Crippen molar-refractivity contribution in [2.75, 3.05) is 42.9 Å². The molecule has 1 aliphatic heterocycles. The van der Waals surface area contributed by atoms with E-state index < -0.39 is 0 Å². The van der Waals surface area contributed by atoms with E-state index in [4.69, 9.17) is 0 Å². The Labute approximate surface area is 103 Å². The maximum atomic E-state index is 4.54. The maximum absolute atomic E-state index is 4.54. The molecule has 1 saturated heterocycles. The molecule has 2 N–H and O–H groups in total. The molecule has 94 valence electrons. The smallest absolute Gasteiger partial charge is 0.224 e. The highest BCUT2D eigenvalue weighted by molar-refractivity contribution is 5.42. The van der Waals surface area contributed by atoms with Crippen LogP contribution in [0.25, 0.3) is 0 Å². The summed E-state index contributed by atoms with van der Waals surface area (Å²) in [5.41, 5.74) is 0. The van der Waals surface area contributed by atoms with Crippen LogP contribution in [-0.2, 0) is 0 Å². The first kappa shape index (κ1) is 12.1. The summed E-state index contributed by atoms with van der Waals surface area (Å²) in [6.45, 7) is 9.34. The van der Waals surface area contributed by atoms with Crippen molar-refractivity contribution < 1.29 is 0 Å². The number of nitrogens with one attached hydrogen (secondary N) is 2. The predicted octanol–water partition coefficient (Wildman–Crippen LogP) is 0.954. The number of aromatic nitrogens is 2. The van der Waals surface area contributed by atoms with Gasteiger partial charge in [-0.2, -0.15) is 4.98 Å². The van der Waals surface area contributed by atoms with E-state index in [1.807, 2.05) is 12.3 Å². The van der Waals surface area contributed by atoms with Crippen molar-refractivity contribution in [2.45, 2.75) is 13.8 Å². The topological polar surface area (TPSA) is 53.1 Å². The van der Waals surface area contributed by atoms with Crippen molar-refractivity contribution in [2.24, 2.45) is 5.92 Å². The van der Waals surface area contributed by atoms with Crippen LogP contribution in [0.2, 0.25) is 0 Å². The lowest BCUT2D eigenvalue weighted by atomic mass is 10.2. The number of piperazine rings is 1. The first-order chi connectivity index (χ1) is 8.25. The van der Waals surface area contributed by atoms with Gasteiger partial charge in [0.15, 0.2) is 0 Å². The summed E-state index contributed by atoms with van der Waals surface area (Å²) >= 11 is 0. The number of rotatable bonds is 4. The molecule has 0 atom stereocenters. The Morgan fingerprint density at radius 1 is 1.41 bits per heavy atom. The zero-order valence-corrected chi connectivity index (χ0v) is 10.6. The van der Waals surface area contributed by atoms with Gasteiger partial charge in [0.05, 0.1) is 0 Å². The molecule has 1 aromatic heterocycles. The Balaban J connectivity index is 2.00. The Bertz CT molecular complexity index is 347. The standard InChI is InChI=1S/C12H21N5/c1-10(2)9-15-12-14-4-3-11(16-12)17-7-5-13-6-8-17/h3-4,10,13H,5-9H2,1-2H3,(H,14,15,16). The van der Waals surface area contributed by atoms with Crippen LogP contribution in [0, 0.1) is 5.92 Å². The maximum Gasteiger partial charge on any atom is 0.224 e. The quantitative estimate of drug-likeness (QED) is 0.814. The van der Waals surface area contributed by atoms with E-state index in [-0.39, 0.29) is 0 Å². The summed E-state index contributed by atoms with van der Waals surface area (Å²) in [4.78, 5) is 11.1. The molecule has 17 heavy (non-hydrogen) atoms. The van der Waals surface area contributed by atoms with Crippen molar-refractivity contribution in [3.05, 3.63) is 12.3 Å². The Morgan fingerprint density at radius 2 is 2.18 bits per heavy atom.